The molecule has 0 amide bonds. The lowest BCUT2D eigenvalue weighted by atomic mass is 10.1. The van der Waals surface area contributed by atoms with Gasteiger partial charge in [0.1, 0.15) is 11.3 Å². The summed E-state index contributed by atoms with van der Waals surface area (Å²) in [6.07, 6.45) is 6.45. The van der Waals surface area contributed by atoms with Crippen LogP contribution in [0.2, 0.25) is 0 Å². The molecule has 1 atom stereocenters. The Bertz CT molecular complexity index is 1050. The predicted molar refractivity (Wildman–Crippen MR) is 105 cm³/mol. The van der Waals surface area contributed by atoms with Crippen molar-refractivity contribution in [1.29, 1.82) is 0 Å². The molecule has 0 radical (unpaired) electrons. The van der Waals surface area contributed by atoms with E-state index in [-0.39, 0.29) is 0 Å². The molecule has 5 rings (SSSR count). The van der Waals surface area contributed by atoms with Gasteiger partial charge >= 0.3 is 0 Å². The summed E-state index contributed by atoms with van der Waals surface area (Å²) in [7, 11) is -1.51. The Kier molecular flexibility index (Phi) is 3.62. The van der Waals surface area contributed by atoms with E-state index in [1.165, 1.54) is 0 Å². The van der Waals surface area contributed by atoms with Crippen molar-refractivity contribution in [3.63, 3.8) is 0 Å². The third-order valence-electron chi connectivity index (χ3n) is 5.37. The molecule has 3 aromatic rings. The zero-order valence-corrected chi connectivity index (χ0v) is 15.4. The summed E-state index contributed by atoms with van der Waals surface area (Å²) in [6, 6.07) is 8.57. The van der Waals surface area contributed by atoms with Crippen LogP contribution in [0.1, 0.15) is 24.7 Å². The van der Waals surface area contributed by atoms with E-state index in [0.717, 1.165) is 58.7 Å². The fraction of sp³-hybridized carbons (Fsp3) is 0.368. The van der Waals surface area contributed by atoms with Gasteiger partial charge in [-0.15, -0.1) is 4.91 Å². The minimum absolute atomic E-state index is 0.361. The Morgan fingerprint density at radius 2 is 2.08 bits per heavy atom. The van der Waals surface area contributed by atoms with E-state index in [1.54, 1.807) is 0 Å². The zero-order chi connectivity index (χ0) is 17.7. The highest BCUT2D eigenvalue weighted by Gasteiger charge is 2.37. The molecule has 7 heteroatoms. The van der Waals surface area contributed by atoms with Crippen LogP contribution in [0.5, 0.6) is 0 Å². The highest BCUT2D eigenvalue weighted by Crippen LogP contribution is 2.69. The standard InChI is InChI=1S/C19H20N4O2S/c1-26(22-24)12-14(26)10-18-21-17-11-20-16-5-3-2-4-15(16)19(17)23(18)13-6-8-25-9-7-13/h2-5,11-13H,6-10H2,1H3. The number of aromatic nitrogens is 3. The normalized spacial score (nSPS) is 25.8. The summed E-state index contributed by atoms with van der Waals surface area (Å²) in [6.45, 7) is 1.54. The Labute approximate surface area is 152 Å². The third-order valence-corrected chi connectivity index (χ3v) is 7.50. The molecule has 134 valence electrons. The first-order chi connectivity index (χ1) is 12.7. The Hall–Kier alpha value is -2.25. The minimum Gasteiger partial charge on any atom is -0.381 e. The second kappa shape index (κ2) is 5.89. The summed E-state index contributed by atoms with van der Waals surface area (Å²) in [5.41, 5.74) is 3.05. The molecular formula is C19H20N4O2S. The first-order valence-corrected chi connectivity index (χ1v) is 10.9. The lowest BCUT2D eigenvalue weighted by molar-refractivity contribution is 0.0700. The van der Waals surface area contributed by atoms with Gasteiger partial charge in [-0.05, 0) is 35.2 Å². The van der Waals surface area contributed by atoms with Crippen molar-refractivity contribution in [3.8, 4) is 0 Å². The van der Waals surface area contributed by atoms with E-state index in [4.69, 9.17) is 9.72 Å². The lowest BCUT2D eigenvalue weighted by Gasteiger charge is -2.26. The van der Waals surface area contributed by atoms with Crippen LogP contribution in [-0.4, -0.2) is 34.0 Å². The van der Waals surface area contributed by atoms with Crippen LogP contribution in [0.4, 0.5) is 0 Å². The van der Waals surface area contributed by atoms with Gasteiger partial charge < -0.3 is 9.30 Å². The molecule has 0 bridgehead atoms. The molecule has 0 aliphatic carbocycles. The molecule has 0 spiro atoms. The van der Waals surface area contributed by atoms with Crippen LogP contribution in [-0.2, 0) is 11.2 Å². The number of para-hydroxylation sites is 1. The number of nitroso groups, excluding NO2 is 1. The lowest BCUT2D eigenvalue weighted by Crippen LogP contribution is -2.21. The van der Waals surface area contributed by atoms with Crippen molar-refractivity contribution in [3.05, 3.63) is 51.5 Å². The van der Waals surface area contributed by atoms with E-state index >= 15 is 0 Å². The maximum atomic E-state index is 11.1. The topological polar surface area (TPSA) is 69.4 Å². The minimum atomic E-state index is -1.51. The maximum Gasteiger partial charge on any atom is 0.115 e. The number of nitrogens with zero attached hydrogens (tertiary/aromatic N) is 4. The highest BCUT2D eigenvalue weighted by atomic mass is 32.3. The van der Waals surface area contributed by atoms with E-state index in [2.05, 4.69) is 20.2 Å². The molecule has 2 aliphatic rings. The predicted octanol–water partition coefficient (Wildman–Crippen LogP) is 4.45. The van der Waals surface area contributed by atoms with Crippen molar-refractivity contribution in [2.75, 3.05) is 19.5 Å². The Morgan fingerprint density at radius 1 is 1.27 bits per heavy atom. The van der Waals surface area contributed by atoms with Crippen LogP contribution in [0.15, 0.2) is 45.4 Å². The van der Waals surface area contributed by atoms with Crippen LogP contribution >= 0.6 is 10.2 Å². The van der Waals surface area contributed by atoms with Crippen LogP contribution in [0.25, 0.3) is 21.9 Å². The van der Waals surface area contributed by atoms with E-state index < -0.39 is 10.2 Å². The fourth-order valence-electron chi connectivity index (χ4n) is 3.88. The molecule has 1 fully saturated rings. The van der Waals surface area contributed by atoms with Crippen molar-refractivity contribution >= 4 is 32.2 Å². The van der Waals surface area contributed by atoms with Gasteiger partial charge in [0.25, 0.3) is 0 Å². The summed E-state index contributed by atoms with van der Waals surface area (Å²) < 4.78 is 11.3. The molecule has 1 aromatic carbocycles. The van der Waals surface area contributed by atoms with Gasteiger partial charge in [-0.2, -0.15) is 0 Å². The summed E-state index contributed by atoms with van der Waals surface area (Å²) in [5, 5.41) is 3.15. The van der Waals surface area contributed by atoms with Crippen LogP contribution in [0, 0.1) is 4.91 Å². The van der Waals surface area contributed by atoms with Gasteiger partial charge in [-0.3, -0.25) is 4.98 Å². The number of benzene rings is 1. The van der Waals surface area contributed by atoms with Crippen molar-refractivity contribution in [2.45, 2.75) is 25.3 Å². The number of imidazole rings is 1. The molecule has 2 aliphatic heterocycles. The average Bonchev–Trinajstić information content (AvgIpc) is 3.18. The number of fused-ring (bicyclic) bond motifs is 3. The van der Waals surface area contributed by atoms with Crippen molar-refractivity contribution < 1.29 is 4.74 Å². The number of ether oxygens (including phenoxy) is 1. The Morgan fingerprint density at radius 3 is 2.85 bits per heavy atom. The second-order valence-corrected chi connectivity index (χ2v) is 9.81. The number of hydrogen-bond acceptors (Lipinski definition) is 5. The molecule has 0 N–H and O–H groups in total. The molecule has 4 heterocycles. The Balaban J connectivity index is 1.69. The first-order valence-electron chi connectivity index (χ1n) is 8.85. The molecule has 6 nitrogen and oxygen atoms in total. The molecule has 1 saturated heterocycles. The number of allylic oxidation sites excluding steroid dienone is 1. The molecule has 26 heavy (non-hydrogen) atoms. The smallest absolute Gasteiger partial charge is 0.115 e. The van der Waals surface area contributed by atoms with Gasteiger partial charge in [0.05, 0.1) is 17.2 Å². The van der Waals surface area contributed by atoms with Crippen LogP contribution in [0.3, 0.4) is 0 Å². The summed E-state index contributed by atoms with van der Waals surface area (Å²) >= 11 is 0. The van der Waals surface area contributed by atoms with E-state index in [9.17, 15) is 4.91 Å². The molecule has 0 saturated carbocycles. The number of pyridine rings is 1. The fourth-order valence-corrected chi connectivity index (χ4v) is 5.40. The zero-order valence-electron chi connectivity index (χ0n) is 14.6. The van der Waals surface area contributed by atoms with E-state index in [0.29, 0.717) is 12.5 Å². The average molecular weight is 368 g/mol. The van der Waals surface area contributed by atoms with Crippen LogP contribution < -0.4 is 0 Å². The van der Waals surface area contributed by atoms with Gasteiger partial charge in [0.15, 0.2) is 0 Å². The second-order valence-electron chi connectivity index (χ2n) is 7.02. The SMILES string of the molecule is CS1(N=O)C=C1Cc1nc2cnc3ccccc3c2n1C1CCOCC1. The summed E-state index contributed by atoms with van der Waals surface area (Å²) in [4.78, 5) is 21.7. The molecular weight excluding hydrogens is 348 g/mol. The maximum absolute atomic E-state index is 11.1. The van der Waals surface area contributed by atoms with Gasteiger partial charge in [-0.25, -0.2) is 4.98 Å². The van der Waals surface area contributed by atoms with Crippen molar-refractivity contribution in [1.82, 2.24) is 14.5 Å². The van der Waals surface area contributed by atoms with Gasteiger partial charge in [-0.1, -0.05) is 28.4 Å². The largest absolute Gasteiger partial charge is 0.381 e. The highest BCUT2D eigenvalue weighted by molar-refractivity contribution is 8.42. The van der Waals surface area contributed by atoms with Gasteiger partial charge in [0.2, 0.25) is 0 Å². The number of hydrogen-bond donors (Lipinski definition) is 0. The quantitative estimate of drug-likeness (QED) is 0.638. The van der Waals surface area contributed by atoms with Gasteiger partial charge in [0, 0.05) is 36.0 Å². The monoisotopic (exact) mass is 368 g/mol. The molecule has 1 unspecified atom stereocenters. The molecule has 2 aromatic heterocycles. The third kappa shape index (κ3) is 2.46. The van der Waals surface area contributed by atoms with Crippen molar-refractivity contribution in [2.24, 2.45) is 4.58 Å². The van der Waals surface area contributed by atoms with E-state index in [1.807, 2.05) is 36.1 Å². The number of rotatable bonds is 4. The first kappa shape index (κ1) is 16.0. The summed E-state index contributed by atoms with van der Waals surface area (Å²) in [5.74, 6) is 1.01.